The molecule has 100 valence electrons. The van der Waals surface area contributed by atoms with E-state index in [1.54, 1.807) is 26.0 Å². The first-order valence-electron chi connectivity index (χ1n) is 5.36. The van der Waals surface area contributed by atoms with E-state index >= 15 is 0 Å². The lowest BCUT2D eigenvalue weighted by Crippen LogP contribution is -2.41. The monoisotopic (exact) mass is 272 g/mol. The third kappa shape index (κ3) is 3.44. The average Bonchev–Trinajstić information content (AvgIpc) is 2.36. The van der Waals surface area contributed by atoms with Gasteiger partial charge in [-0.2, -0.15) is 0 Å². The van der Waals surface area contributed by atoms with Crippen LogP contribution in [-0.2, 0) is 14.8 Å². The average molecular weight is 272 g/mol. The Balaban J connectivity index is 3.04. The summed E-state index contributed by atoms with van der Waals surface area (Å²) in [5.41, 5.74) is 2.89. The highest BCUT2D eigenvalue weighted by Gasteiger charge is 2.19. The van der Waals surface area contributed by atoms with Crippen molar-refractivity contribution in [3.63, 3.8) is 0 Å². The molecule has 1 rings (SSSR count). The molecule has 0 aromatic heterocycles. The Labute approximate surface area is 106 Å². The van der Waals surface area contributed by atoms with Crippen LogP contribution in [0.2, 0.25) is 0 Å². The highest BCUT2D eigenvalue weighted by atomic mass is 32.2. The van der Waals surface area contributed by atoms with Gasteiger partial charge in [-0.15, -0.1) is 4.83 Å². The normalized spacial score (nSPS) is 11.1. The number of aryl methyl sites for hydroxylation is 1. The van der Waals surface area contributed by atoms with Crippen molar-refractivity contribution in [2.75, 3.05) is 7.11 Å². The number of ether oxygens (including phenoxy) is 1. The number of carbonyl (C=O) groups is 1. The zero-order valence-electron chi connectivity index (χ0n) is 10.5. The first kappa shape index (κ1) is 14.5. The van der Waals surface area contributed by atoms with E-state index in [1.807, 2.05) is 4.83 Å². The zero-order chi connectivity index (χ0) is 13.8. The van der Waals surface area contributed by atoms with E-state index in [4.69, 9.17) is 4.74 Å². The Morgan fingerprint density at radius 3 is 2.61 bits per heavy atom. The molecule has 2 N–H and O–H groups in total. The summed E-state index contributed by atoms with van der Waals surface area (Å²) in [6.07, 6.45) is 0.188. The van der Waals surface area contributed by atoms with Crippen LogP contribution in [0.15, 0.2) is 23.1 Å². The fourth-order valence-electron chi connectivity index (χ4n) is 1.26. The molecule has 0 bridgehead atoms. The van der Waals surface area contributed by atoms with Crippen molar-refractivity contribution in [2.45, 2.75) is 25.2 Å². The summed E-state index contributed by atoms with van der Waals surface area (Å²) >= 11 is 0. The van der Waals surface area contributed by atoms with E-state index in [9.17, 15) is 13.2 Å². The predicted molar refractivity (Wildman–Crippen MR) is 66.5 cm³/mol. The molecular formula is C11H16N2O4S. The van der Waals surface area contributed by atoms with Gasteiger partial charge in [-0.05, 0) is 24.6 Å². The van der Waals surface area contributed by atoms with Gasteiger partial charge in [-0.25, -0.2) is 8.42 Å². The van der Waals surface area contributed by atoms with Crippen molar-refractivity contribution >= 4 is 15.9 Å². The van der Waals surface area contributed by atoms with Crippen molar-refractivity contribution in [1.29, 1.82) is 0 Å². The second kappa shape index (κ2) is 5.83. The quantitative estimate of drug-likeness (QED) is 0.774. The molecule has 0 heterocycles. The number of methoxy groups -OCH3 is 1. The van der Waals surface area contributed by atoms with Gasteiger partial charge >= 0.3 is 0 Å². The highest BCUT2D eigenvalue weighted by Crippen LogP contribution is 2.24. The van der Waals surface area contributed by atoms with Gasteiger partial charge in [0.25, 0.3) is 10.0 Å². The summed E-state index contributed by atoms with van der Waals surface area (Å²) in [5, 5.41) is 0. The van der Waals surface area contributed by atoms with Crippen molar-refractivity contribution in [3.05, 3.63) is 23.8 Å². The first-order valence-corrected chi connectivity index (χ1v) is 6.84. The molecule has 1 aromatic carbocycles. The fraction of sp³-hybridized carbons (Fsp3) is 0.364. The number of sulfonamides is 1. The van der Waals surface area contributed by atoms with E-state index in [2.05, 4.69) is 5.43 Å². The largest absolute Gasteiger partial charge is 0.495 e. The van der Waals surface area contributed by atoms with Gasteiger partial charge in [0.15, 0.2) is 0 Å². The summed E-state index contributed by atoms with van der Waals surface area (Å²) in [6, 6.07) is 4.77. The molecule has 6 nitrogen and oxygen atoms in total. The molecule has 0 spiro atoms. The first-order chi connectivity index (χ1) is 8.40. The minimum Gasteiger partial charge on any atom is -0.495 e. The molecule has 0 unspecified atom stereocenters. The SMILES string of the molecule is CCC(=O)NNS(=O)(=O)c1cc(C)ccc1OC. The van der Waals surface area contributed by atoms with Crippen LogP contribution < -0.4 is 15.0 Å². The van der Waals surface area contributed by atoms with Crippen LogP contribution in [0, 0.1) is 6.92 Å². The number of hydrogen-bond acceptors (Lipinski definition) is 4. The van der Waals surface area contributed by atoms with E-state index < -0.39 is 15.9 Å². The topological polar surface area (TPSA) is 84.5 Å². The number of carbonyl (C=O) groups excluding carboxylic acids is 1. The molecule has 0 aliphatic rings. The van der Waals surface area contributed by atoms with E-state index in [0.717, 1.165) is 5.56 Å². The maximum Gasteiger partial charge on any atom is 0.261 e. The van der Waals surface area contributed by atoms with Gasteiger partial charge in [-0.3, -0.25) is 10.2 Å². The molecule has 0 atom stereocenters. The summed E-state index contributed by atoms with van der Waals surface area (Å²) in [7, 11) is -2.45. The molecule has 0 saturated heterocycles. The lowest BCUT2D eigenvalue weighted by Gasteiger charge is -2.11. The van der Waals surface area contributed by atoms with Gasteiger partial charge in [0.1, 0.15) is 10.6 Å². The molecule has 0 aliphatic heterocycles. The van der Waals surface area contributed by atoms with Crippen molar-refractivity contribution in [1.82, 2.24) is 10.3 Å². The van der Waals surface area contributed by atoms with Gasteiger partial charge in [-0.1, -0.05) is 13.0 Å². The third-order valence-corrected chi connectivity index (χ3v) is 3.52. The second-order valence-electron chi connectivity index (χ2n) is 3.66. The number of amides is 1. The summed E-state index contributed by atoms with van der Waals surface area (Å²) < 4.78 is 28.9. The van der Waals surface area contributed by atoms with E-state index in [-0.39, 0.29) is 17.1 Å². The molecule has 1 amide bonds. The van der Waals surface area contributed by atoms with Crippen LogP contribution >= 0.6 is 0 Å². The van der Waals surface area contributed by atoms with Crippen LogP contribution in [0.5, 0.6) is 5.75 Å². The van der Waals surface area contributed by atoms with Crippen molar-refractivity contribution in [3.8, 4) is 5.75 Å². The maximum atomic E-state index is 12.0. The maximum absolute atomic E-state index is 12.0. The minimum atomic E-state index is -3.84. The molecule has 0 aliphatic carbocycles. The van der Waals surface area contributed by atoms with Crippen LogP contribution in [0.4, 0.5) is 0 Å². The third-order valence-electron chi connectivity index (χ3n) is 2.25. The van der Waals surface area contributed by atoms with Crippen molar-refractivity contribution < 1.29 is 17.9 Å². The van der Waals surface area contributed by atoms with Gasteiger partial charge in [0, 0.05) is 6.42 Å². The Bertz CT molecular complexity index is 540. The lowest BCUT2D eigenvalue weighted by molar-refractivity contribution is -0.121. The molecule has 7 heteroatoms. The van der Waals surface area contributed by atoms with E-state index in [0.29, 0.717) is 0 Å². The summed E-state index contributed by atoms with van der Waals surface area (Å²) in [4.78, 5) is 13.0. The van der Waals surface area contributed by atoms with Gasteiger partial charge < -0.3 is 4.74 Å². The fourth-order valence-corrected chi connectivity index (χ4v) is 2.38. The number of rotatable bonds is 5. The zero-order valence-corrected chi connectivity index (χ0v) is 11.3. The molecule has 0 fully saturated rings. The van der Waals surface area contributed by atoms with Crippen molar-refractivity contribution in [2.24, 2.45) is 0 Å². The molecule has 0 radical (unpaired) electrons. The summed E-state index contributed by atoms with van der Waals surface area (Å²) in [6.45, 7) is 3.39. The smallest absolute Gasteiger partial charge is 0.261 e. The Morgan fingerprint density at radius 1 is 1.39 bits per heavy atom. The van der Waals surface area contributed by atoms with Crippen LogP contribution in [0.25, 0.3) is 0 Å². The standard InChI is InChI=1S/C11H16N2O4S/c1-4-11(14)12-13-18(15,16)10-7-8(2)5-6-9(10)17-3/h5-7,13H,4H2,1-3H3,(H,12,14). The second-order valence-corrected chi connectivity index (χ2v) is 5.31. The van der Waals surface area contributed by atoms with Gasteiger partial charge in [0.05, 0.1) is 7.11 Å². The van der Waals surface area contributed by atoms with Gasteiger partial charge in [0.2, 0.25) is 5.91 Å². The summed E-state index contributed by atoms with van der Waals surface area (Å²) in [5.74, 6) is -0.191. The van der Waals surface area contributed by atoms with Crippen LogP contribution in [-0.4, -0.2) is 21.4 Å². The minimum absolute atomic E-state index is 0.0126. The lowest BCUT2D eigenvalue weighted by atomic mass is 10.2. The number of hydrazine groups is 1. The molecular weight excluding hydrogens is 256 g/mol. The number of hydrogen-bond donors (Lipinski definition) is 2. The van der Waals surface area contributed by atoms with E-state index in [1.165, 1.54) is 13.2 Å². The number of benzene rings is 1. The Hall–Kier alpha value is -1.60. The Kier molecular flexibility index (Phi) is 4.69. The predicted octanol–water partition coefficient (Wildman–Crippen LogP) is 0.723. The number of nitrogens with one attached hydrogen (secondary N) is 2. The van der Waals surface area contributed by atoms with Crippen LogP contribution in [0.3, 0.4) is 0 Å². The molecule has 18 heavy (non-hydrogen) atoms. The molecule has 1 aromatic rings. The molecule has 0 saturated carbocycles. The van der Waals surface area contributed by atoms with Crippen LogP contribution in [0.1, 0.15) is 18.9 Å². The Morgan fingerprint density at radius 2 is 2.06 bits per heavy atom. The highest BCUT2D eigenvalue weighted by molar-refractivity contribution is 7.89.